The summed E-state index contributed by atoms with van der Waals surface area (Å²) in [5.74, 6) is 1.32. The first-order valence-electron chi connectivity index (χ1n) is 13.0. The average molecular weight is 507 g/mol. The van der Waals surface area contributed by atoms with Gasteiger partial charge < -0.3 is 10.2 Å². The number of nitrogens with zero attached hydrogens (tertiary/aromatic N) is 2. The molecule has 4 nitrogen and oxygen atoms in total. The van der Waals surface area contributed by atoms with Gasteiger partial charge in [-0.15, -0.1) is 0 Å². The molecule has 2 bridgehead atoms. The minimum Gasteiger partial charge on any atom is -0.507 e. The number of benzene rings is 2. The van der Waals surface area contributed by atoms with Gasteiger partial charge in [-0.1, -0.05) is 73.9 Å². The van der Waals surface area contributed by atoms with E-state index in [1.165, 1.54) is 16.8 Å². The zero-order valence-corrected chi connectivity index (χ0v) is 24.7. The molecule has 4 rings (SSSR count). The Hall–Kier alpha value is -2.19. The van der Waals surface area contributed by atoms with Crippen LogP contribution in [0.3, 0.4) is 0 Å². The second-order valence-electron chi connectivity index (χ2n) is 13.0. The summed E-state index contributed by atoms with van der Waals surface area (Å²) in [6.45, 7) is 17.9. The van der Waals surface area contributed by atoms with Crippen molar-refractivity contribution in [3.63, 3.8) is 0 Å². The van der Waals surface area contributed by atoms with E-state index in [1.807, 2.05) is 26.3 Å². The van der Waals surface area contributed by atoms with Crippen LogP contribution < -0.4 is 10.4 Å². The highest BCUT2D eigenvalue weighted by Gasteiger charge is 2.52. The molecule has 2 aromatic carbocycles. The van der Waals surface area contributed by atoms with Crippen molar-refractivity contribution in [2.75, 3.05) is 0 Å². The maximum Gasteiger partial charge on any atom is 0.127 e. The first-order valence-corrected chi connectivity index (χ1v) is 20.0. The van der Waals surface area contributed by atoms with E-state index in [-0.39, 0.29) is 11.6 Å². The van der Waals surface area contributed by atoms with Crippen LogP contribution in [-0.4, -0.2) is 50.4 Å². The number of aliphatic imine (C=N–C) groups is 2. The third kappa shape index (κ3) is 5.19. The molecule has 0 radical (unpaired) electrons. The molecule has 0 amide bonds. The van der Waals surface area contributed by atoms with Crippen LogP contribution in [0.1, 0.15) is 47.9 Å². The number of aromatic hydroxyl groups is 2. The van der Waals surface area contributed by atoms with Crippen LogP contribution in [0.25, 0.3) is 0 Å². The van der Waals surface area contributed by atoms with Gasteiger partial charge in [-0.05, 0) is 56.6 Å². The molecule has 2 aliphatic rings. The molecule has 0 saturated heterocycles. The van der Waals surface area contributed by atoms with Gasteiger partial charge in [-0.2, -0.15) is 0 Å². The van der Waals surface area contributed by atoms with E-state index < -0.39 is 16.1 Å². The molecule has 188 valence electrons. The van der Waals surface area contributed by atoms with Gasteiger partial charge in [-0.3, -0.25) is 9.98 Å². The monoisotopic (exact) mass is 506 g/mol. The van der Waals surface area contributed by atoms with Crippen LogP contribution >= 0.6 is 0 Å². The summed E-state index contributed by atoms with van der Waals surface area (Å²) in [4.78, 5) is 10.2. The number of fused-ring (bicyclic) bond motifs is 2. The van der Waals surface area contributed by atoms with Crippen molar-refractivity contribution in [1.29, 1.82) is 0 Å². The highest BCUT2D eigenvalue weighted by Crippen LogP contribution is 2.51. The number of rotatable bonds is 6. The highest BCUT2D eigenvalue weighted by atomic mass is 28.3. The lowest BCUT2D eigenvalue weighted by molar-refractivity contribution is 0.367. The van der Waals surface area contributed by atoms with Crippen molar-refractivity contribution in [3.05, 3.63) is 46.5 Å². The molecule has 35 heavy (non-hydrogen) atoms. The van der Waals surface area contributed by atoms with Crippen molar-refractivity contribution in [2.45, 2.75) is 90.4 Å². The fourth-order valence-corrected chi connectivity index (χ4v) is 8.12. The molecule has 0 heterocycles. The van der Waals surface area contributed by atoms with Gasteiger partial charge in [0.2, 0.25) is 0 Å². The van der Waals surface area contributed by atoms with Gasteiger partial charge in [0.05, 0.1) is 27.7 Å². The summed E-state index contributed by atoms with van der Waals surface area (Å²) in [7, 11) is -3.01. The van der Waals surface area contributed by atoms with E-state index in [4.69, 9.17) is 9.98 Å². The number of aryl methyl sites for hydroxylation is 2. The Labute approximate surface area is 213 Å². The second kappa shape index (κ2) is 9.04. The summed E-state index contributed by atoms with van der Waals surface area (Å²) in [6, 6.07) is 8.64. The fourth-order valence-electron chi connectivity index (χ4n) is 5.64. The van der Waals surface area contributed by atoms with Crippen LogP contribution in [0.4, 0.5) is 0 Å². The van der Waals surface area contributed by atoms with Crippen LogP contribution in [0.2, 0.25) is 39.3 Å². The van der Waals surface area contributed by atoms with Crippen molar-refractivity contribution in [2.24, 2.45) is 15.9 Å². The maximum absolute atomic E-state index is 10.8. The third-order valence-electron chi connectivity index (χ3n) is 8.05. The first kappa shape index (κ1) is 25.9. The lowest BCUT2D eigenvalue weighted by Crippen LogP contribution is -2.38. The Kier molecular flexibility index (Phi) is 6.69. The van der Waals surface area contributed by atoms with Crippen molar-refractivity contribution in [1.82, 2.24) is 0 Å². The van der Waals surface area contributed by atoms with Gasteiger partial charge in [0.25, 0.3) is 0 Å². The normalized spacial score (nSPS) is 24.8. The lowest BCUT2D eigenvalue weighted by Gasteiger charge is -2.29. The Morgan fingerprint density at radius 1 is 0.829 bits per heavy atom. The number of phenolic OH excluding ortho intramolecular Hbond substituents is 2. The van der Waals surface area contributed by atoms with E-state index >= 15 is 0 Å². The summed E-state index contributed by atoms with van der Waals surface area (Å²) >= 11 is 0. The van der Waals surface area contributed by atoms with Gasteiger partial charge in [0.1, 0.15) is 11.5 Å². The van der Waals surface area contributed by atoms with E-state index in [9.17, 15) is 10.2 Å². The molecule has 0 spiro atoms. The van der Waals surface area contributed by atoms with Gasteiger partial charge >= 0.3 is 0 Å². The predicted molar refractivity (Wildman–Crippen MR) is 155 cm³/mol. The molecule has 2 aliphatic carbocycles. The Bertz CT molecular complexity index is 1190. The van der Waals surface area contributed by atoms with Gasteiger partial charge in [-0.25, -0.2) is 0 Å². The molecule has 0 aliphatic heterocycles. The average Bonchev–Trinajstić information content (AvgIpc) is 3.32. The predicted octanol–water partition coefficient (Wildman–Crippen LogP) is 5.65. The van der Waals surface area contributed by atoms with E-state index in [2.05, 4.69) is 63.5 Å². The largest absolute Gasteiger partial charge is 0.507 e. The van der Waals surface area contributed by atoms with Crippen molar-refractivity contribution >= 4 is 39.0 Å². The summed E-state index contributed by atoms with van der Waals surface area (Å²) in [5, 5.41) is 24.2. The topological polar surface area (TPSA) is 65.2 Å². The quantitative estimate of drug-likeness (QED) is 0.392. The minimum atomic E-state index is -1.51. The molecule has 0 aromatic heterocycles. The molecular weight excluding hydrogens is 465 g/mol. The molecule has 2 saturated carbocycles. The molecule has 3 atom stereocenters. The van der Waals surface area contributed by atoms with Crippen LogP contribution in [0.15, 0.2) is 34.3 Å². The highest BCUT2D eigenvalue weighted by molar-refractivity contribution is 6.89. The third-order valence-corrected chi connectivity index (χ3v) is 12.1. The van der Waals surface area contributed by atoms with Crippen LogP contribution in [0.5, 0.6) is 11.5 Å². The molecular formula is C29H42N2O2Si2. The Morgan fingerprint density at radius 3 is 1.83 bits per heavy atom. The molecule has 3 unspecified atom stereocenters. The molecule has 6 heteroatoms. The molecule has 2 aromatic rings. The molecule has 2 N–H and O–H groups in total. The summed E-state index contributed by atoms with van der Waals surface area (Å²) < 4.78 is 0. The Balaban J connectivity index is 1.66. The van der Waals surface area contributed by atoms with Crippen LogP contribution in [-0.2, 0) is 0 Å². The maximum atomic E-state index is 10.8. The fraction of sp³-hybridized carbons (Fsp3) is 0.517. The van der Waals surface area contributed by atoms with Crippen molar-refractivity contribution < 1.29 is 10.2 Å². The lowest BCUT2D eigenvalue weighted by atomic mass is 9.89. The Morgan fingerprint density at radius 2 is 1.34 bits per heavy atom. The van der Waals surface area contributed by atoms with Gasteiger partial charge in [0, 0.05) is 23.6 Å². The standard InChI is InChI=1S/C29H42N2O2Si2/c1-19-11-24(34(3,4)5)14-22(27(19)32)17-30-26-13-21-9-10-29(26,16-21)31-18-23-15-25(35(6,7)8)12-20(2)28(23)33/h11-12,14-15,17-18,21,26,32-33H,9-10,13,16H2,1-8H3. The van der Waals surface area contributed by atoms with Gasteiger partial charge in [0.15, 0.2) is 0 Å². The van der Waals surface area contributed by atoms with Crippen molar-refractivity contribution in [3.8, 4) is 11.5 Å². The summed E-state index contributed by atoms with van der Waals surface area (Å²) in [6.07, 6.45) is 8.13. The second-order valence-corrected chi connectivity index (χ2v) is 23.1. The number of phenols is 2. The number of hydrogen-bond acceptors (Lipinski definition) is 4. The zero-order chi connectivity index (χ0) is 25.8. The van der Waals surface area contributed by atoms with E-state index in [0.717, 1.165) is 41.5 Å². The first-order chi connectivity index (χ1) is 16.2. The SMILES string of the molecule is Cc1cc([Si](C)(C)C)cc(C=NC2CC3CCC2(N=Cc2cc([Si](C)(C)C)cc(C)c2O)C3)c1O. The number of hydrogen-bond donors (Lipinski definition) is 2. The van der Waals surface area contributed by atoms with Crippen LogP contribution in [0, 0.1) is 19.8 Å². The van der Waals surface area contributed by atoms with E-state index in [0.29, 0.717) is 17.4 Å². The smallest absolute Gasteiger partial charge is 0.127 e. The van der Waals surface area contributed by atoms with E-state index in [1.54, 1.807) is 0 Å². The minimum absolute atomic E-state index is 0.108. The molecule has 2 fully saturated rings. The zero-order valence-electron chi connectivity index (χ0n) is 22.7. The summed E-state index contributed by atoms with van der Waals surface area (Å²) in [5.41, 5.74) is 3.27.